The number of ether oxygens (including phenoxy) is 1. The van der Waals surface area contributed by atoms with Crippen LogP contribution < -0.4 is 10.1 Å². The van der Waals surface area contributed by atoms with Crippen LogP contribution in [0, 0.1) is 6.92 Å². The molecule has 1 aliphatic rings. The van der Waals surface area contributed by atoms with Crippen LogP contribution in [0.25, 0.3) is 0 Å². The molecule has 1 atom stereocenters. The summed E-state index contributed by atoms with van der Waals surface area (Å²) in [4.78, 5) is 26.6. The summed E-state index contributed by atoms with van der Waals surface area (Å²) < 4.78 is 5.67. The van der Waals surface area contributed by atoms with Gasteiger partial charge in [0, 0.05) is 0 Å². The van der Waals surface area contributed by atoms with Crippen LogP contribution in [0.3, 0.4) is 0 Å². The number of aryl methyl sites for hydroxylation is 1. The summed E-state index contributed by atoms with van der Waals surface area (Å²) in [6, 6.07) is 15.2. The first-order valence-corrected chi connectivity index (χ1v) is 9.56. The van der Waals surface area contributed by atoms with Gasteiger partial charge in [-0.3, -0.25) is 9.69 Å². The third kappa shape index (κ3) is 3.88. The fourth-order valence-corrected chi connectivity index (χ4v) is 3.29. The molecular weight excluding hydrogens is 352 g/mol. The quantitative estimate of drug-likeness (QED) is 0.793. The van der Waals surface area contributed by atoms with Crippen LogP contribution >= 0.6 is 0 Å². The lowest BCUT2D eigenvalue weighted by atomic mass is 9.84. The van der Waals surface area contributed by atoms with Crippen molar-refractivity contribution >= 4 is 11.9 Å². The van der Waals surface area contributed by atoms with Crippen molar-refractivity contribution in [2.24, 2.45) is 0 Å². The molecule has 0 saturated carbocycles. The summed E-state index contributed by atoms with van der Waals surface area (Å²) >= 11 is 0. The molecule has 0 spiro atoms. The molecule has 0 bridgehead atoms. The lowest BCUT2D eigenvalue weighted by molar-refractivity contribution is -0.131. The van der Waals surface area contributed by atoms with E-state index in [-0.39, 0.29) is 30.5 Å². The first-order chi connectivity index (χ1) is 13.1. The number of carbonyl (C=O) groups excluding carboxylic acids is 2. The minimum Gasteiger partial charge on any atom is -0.492 e. The highest BCUT2D eigenvalue weighted by Gasteiger charge is 2.48. The Bertz CT molecular complexity index is 866. The lowest BCUT2D eigenvalue weighted by Crippen LogP contribution is -2.41. The zero-order chi connectivity index (χ0) is 20.5. The largest absolute Gasteiger partial charge is 0.492 e. The summed E-state index contributed by atoms with van der Waals surface area (Å²) in [7, 11) is 0. The van der Waals surface area contributed by atoms with E-state index in [1.54, 1.807) is 6.92 Å². The molecule has 1 N–H and O–H groups in total. The first kappa shape index (κ1) is 19.9. The van der Waals surface area contributed by atoms with Crippen molar-refractivity contribution in [3.8, 4) is 5.75 Å². The van der Waals surface area contributed by atoms with E-state index in [9.17, 15) is 9.59 Å². The first-order valence-electron chi connectivity index (χ1n) is 9.56. The molecule has 2 aromatic rings. The van der Waals surface area contributed by atoms with Crippen molar-refractivity contribution in [3.05, 3.63) is 65.2 Å². The molecule has 3 amide bonds. The standard InChI is InChI=1S/C23H28N2O3/c1-16-6-12-19(13-7-16)28-15-14-25-20(26)23(5,24-21(25)27)18-10-8-17(9-11-18)22(2,3)4/h6-13H,14-15H2,1-5H3,(H,24,27). The number of nitrogens with one attached hydrogen (secondary N) is 1. The van der Waals surface area contributed by atoms with E-state index in [1.165, 1.54) is 10.5 Å². The normalized spacial score (nSPS) is 19.7. The number of urea groups is 1. The van der Waals surface area contributed by atoms with Crippen LogP contribution in [0.5, 0.6) is 5.75 Å². The Morgan fingerprint density at radius 3 is 2.18 bits per heavy atom. The van der Waals surface area contributed by atoms with Crippen LogP contribution in [0.15, 0.2) is 48.5 Å². The lowest BCUT2D eigenvalue weighted by Gasteiger charge is -2.24. The summed E-state index contributed by atoms with van der Waals surface area (Å²) in [6.45, 7) is 10.6. The van der Waals surface area contributed by atoms with Gasteiger partial charge in [0.05, 0.1) is 6.54 Å². The van der Waals surface area contributed by atoms with Gasteiger partial charge in [-0.05, 0) is 42.5 Å². The highest BCUT2D eigenvalue weighted by Crippen LogP contribution is 2.31. The van der Waals surface area contributed by atoms with Crippen molar-refractivity contribution in [1.29, 1.82) is 0 Å². The molecule has 0 aromatic heterocycles. The molecule has 5 nitrogen and oxygen atoms in total. The van der Waals surface area contributed by atoms with E-state index in [0.29, 0.717) is 0 Å². The summed E-state index contributed by atoms with van der Waals surface area (Å²) in [5.74, 6) is 0.465. The van der Waals surface area contributed by atoms with Gasteiger partial charge in [-0.15, -0.1) is 0 Å². The van der Waals surface area contributed by atoms with Gasteiger partial charge in [-0.1, -0.05) is 62.7 Å². The van der Waals surface area contributed by atoms with Crippen molar-refractivity contribution in [1.82, 2.24) is 10.2 Å². The van der Waals surface area contributed by atoms with Crippen LogP contribution in [-0.2, 0) is 15.7 Å². The number of amides is 3. The Balaban J connectivity index is 1.68. The van der Waals surface area contributed by atoms with Crippen LogP contribution in [0.4, 0.5) is 4.79 Å². The van der Waals surface area contributed by atoms with Crippen LogP contribution in [0.1, 0.15) is 44.4 Å². The molecule has 1 fully saturated rings. The second-order valence-corrected chi connectivity index (χ2v) is 8.50. The number of hydrogen-bond donors (Lipinski definition) is 1. The smallest absolute Gasteiger partial charge is 0.325 e. The third-order valence-electron chi connectivity index (χ3n) is 5.21. The van der Waals surface area contributed by atoms with E-state index in [0.717, 1.165) is 16.9 Å². The maximum atomic E-state index is 13.0. The molecule has 5 heteroatoms. The summed E-state index contributed by atoms with van der Waals surface area (Å²) in [5, 5.41) is 2.84. The number of benzene rings is 2. The van der Waals surface area contributed by atoms with Gasteiger partial charge in [-0.2, -0.15) is 0 Å². The van der Waals surface area contributed by atoms with Crippen molar-refractivity contribution in [2.45, 2.75) is 45.6 Å². The van der Waals surface area contributed by atoms with Gasteiger partial charge in [0.25, 0.3) is 5.91 Å². The van der Waals surface area contributed by atoms with E-state index in [1.807, 2.05) is 55.5 Å². The van der Waals surface area contributed by atoms with Gasteiger partial charge in [-0.25, -0.2) is 4.79 Å². The minimum atomic E-state index is -1.06. The molecule has 2 aromatic carbocycles. The van der Waals surface area contributed by atoms with Crippen LogP contribution in [0.2, 0.25) is 0 Å². The van der Waals surface area contributed by atoms with E-state index in [4.69, 9.17) is 4.74 Å². The van der Waals surface area contributed by atoms with Gasteiger partial charge >= 0.3 is 6.03 Å². The maximum Gasteiger partial charge on any atom is 0.325 e. The van der Waals surface area contributed by atoms with Crippen molar-refractivity contribution in [2.75, 3.05) is 13.2 Å². The zero-order valence-corrected chi connectivity index (χ0v) is 17.2. The highest BCUT2D eigenvalue weighted by atomic mass is 16.5. The van der Waals surface area contributed by atoms with E-state index in [2.05, 4.69) is 26.1 Å². The zero-order valence-electron chi connectivity index (χ0n) is 17.2. The Labute approximate surface area is 166 Å². The average molecular weight is 380 g/mol. The predicted octanol–water partition coefficient (Wildman–Crippen LogP) is 4.14. The van der Waals surface area contributed by atoms with Crippen LogP contribution in [-0.4, -0.2) is 30.0 Å². The molecule has 1 heterocycles. The summed E-state index contributed by atoms with van der Waals surface area (Å²) in [5.41, 5.74) is 2.08. The number of hydrogen-bond acceptors (Lipinski definition) is 3. The van der Waals surface area contributed by atoms with Gasteiger partial charge < -0.3 is 10.1 Å². The minimum absolute atomic E-state index is 0.0295. The molecular formula is C23H28N2O3. The fraction of sp³-hybridized carbons (Fsp3) is 0.391. The molecule has 0 aliphatic carbocycles. The van der Waals surface area contributed by atoms with Crippen molar-refractivity contribution < 1.29 is 14.3 Å². The second kappa shape index (κ2) is 7.30. The molecule has 148 valence electrons. The monoisotopic (exact) mass is 380 g/mol. The Morgan fingerprint density at radius 2 is 1.61 bits per heavy atom. The number of rotatable bonds is 5. The molecule has 1 saturated heterocycles. The fourth-order valence-electron chi connectivity index (χ4n) is 3.29. The van der Waals surface area contributed by atoms with Gasteiger partial charge in [0.1, 0.15) is 17.9 Å². The third-order valence-corrected chi connectivity index (χ3v) is 5.21. The Hall–Kier alpha value is -2.82. The number of imide groups is 1. The van der Waals surface area contributed by atoms with E-state index < -0.39 is 5.54 Å². The molecule has 3 rings (SSSR count). The SMILES string of the molecule is Cc1ccc(OCCN2C(=O)NC(C)(c3ccc(C(C)(C)C)cc3)C2=O)cc1. The topological polar surface area (TPSA) is 58.6 Å². The molecule has 28 heavy (non-hydrogen) atoms. The average Bonchev–Trinajstić information content (AvgIpc) is 2.86. The van der Waals surface area contributed by atoms with Crippen molar-refractivity contribution in [3.63, 3.8) is 0 Å². The molecule has 1 aliphatic heterocycles. The van der Waals surface area contributed by atoms with Gasteiger partial charge in [0.2, 0.25) is 0 Å². The number of carbonyl (C=O) groups is 2. The van der Waals surface area contributed by atoms with E-state index >= 15 is 0 Å². The predicted molar refractivity (Wildman–Crippen MR) is 109 cm³/mol. The summed E-state index contributed by atoms with van der Waals surface area (Å²) in [6.07, 6.45) is 0. The Kier molecular flexibility index (Phi) is 5.20. The number of nitrogens with zero attached hydrogens (tertiary/aromatic N) is 1. The molecule has 0 radical (unpaired) electrons. The molecule has 1 unspecified atom stereocenters. The maximum absolute atomic E-state index is 13.0. The van der Waals surface area contributed by atoms with Gasteiger partial charge in [0.15, 0.2) is 0 Å². The highest BCUT2D eigenvalue weighted by molar-refractivity contribution is 6.07. The Morgan fingerprint density at radius 1 is 1.00 bits per heavy atom. The second-order valence-electron chi connectivity index (χ2n) is 8.50.